The Bertz CT molecular complexity index is 584. The molecule has 1 atom stereocenters. The van der Waals surface area contributed by atoms with E-state index < -0.39 is 17.3 Å². The minimum absolute atomic E-state index is 0.00240. The van der Waals surface area contributed by atoms with Crippen LogP contribution in [0.15, 0.2) is 18.2 Å². The van der Waals surface area contributed by atoms with Crippen molar-refractivity contribution in [3.05, 3.63) is 29.0 Å². The molecule has 2 amide bonds. The van der Waals surface area contributed by atoms with Gasteiger partial charge in [0.2, 0.25) is 11.8 Å². The molecule has 1 aromatic carbocycles. The zero-order valence-corrected chi connectivity index (χ0v) is 13.0. The van der Waals surface area contributed by atoms with Crippen molar-refractivity contribution in [2.75, 3.05) is 11.4 Å². The molecule has 0 radical (unpaired) electrons. The van der Waals surface area contributed by atoms with Crippen LogP contribution in [0.3, 0.4) is 0 Å². The fourth-order valence-electron chi connectivity index (χ4n) is 2.27. The highest BCUT2D eigenvalue weighted by Crippen LogP contribution is 2.28. The molecule has 0 aromatic heterocycles. The molecule has 0 aliphatic carbocycles. The topological polar surface area (TPSA) is 49.4 Å². The van der Waals surface area contributed by atoms with Crippen LogP contribution >= 0.6 is 11.6 Å². The van der Waals surface area contributed by atoms with Crippen molar-refractivity contribution in [1.82, 2.24) is 5.32 Å². The van der Waals surface area contributed by atoms with E-state index in [1.807, 2.05) is 20.8 Å². The molecule has 1 saturated heterocycles. The molecule has 21 heavy (non-hydrogen) atoms. The lowest BCUT2D eigenvalue weighted by atomic mass is 9.86. The van der Waals surface area contributed by atoms with E-state index in [4.69, 9.17) is 11.6 Å². The van der Waals surface area contributed by atoms with Crippen LogP contribution in [0.2, 0.25) is 5.02 Å². The Hall–Kier alpha value is -1.62. The van der Waals surface area contributed by atoms with Crippen LogP contribution in [0.1, 0.15) is 27.2 Å². The molecule has 6 heteroatoms. The monoisotopic (exact) mass is 312 g/mol. The molecule has 1 aromatic rings. The van der Waals surface area contributed by atoms with Gasteiger partial charge >= 0.3 is 0 Å². The maximum atomic E-state index is 13.6. The van der Waals surface area contributed by atoms with Gasteiger partial charge in [-0.1, -0.05) is 32.4 Å². The molecule has 114 valence electrons. The lowest BCUT2D eigenvalue weighted by Gasteiger charge is -2.32. The van der Waals surface area contributed by atoms with Crippen LogP contribution in [0.4, 0.5) is 10.1 Å². The zero-order valence-electron chi connectivity index (χ0n) is 12.2. The number of anilines is 1. The molecular weight excluding hydrogens is 295 g/mol. The molecule has 2 rings (SSSR count). The number of halogens is 2. The van der Waals surface area contributed by atoms with Gasteiger partial charge in [-0.15, -0.1) is 0 Å². The van der Waals surface area contributed by atoms with E-state index in [-0.39, 0.29) is 29.8 Å². The van der Waals surface area contributed by atoms with Crippen molar-refractivity contribution < 1.29 is 14.0 Å². The molecule has 1 heterocycles. The Balaban J connectivity index is 2.39. The third-order valence-corrected chi connectivity index (χ3v) is 3.77. The highest BCUT2D eigenvalue weighted by Gasteiger charge is 2.38. The van der Waals surface area contributed by atoms with E-state index in [1.165, 1.54) is 17.0 Å². The van der Waals surface area contributed by atoms with Gasteiger partial charge in [0.05, 0.1) is 5.02 Å². The summed E-state index contributed by atoms with van der Waals surface area (Å²) in [5, 5.41) is 2.75. The average molecular weight is 313 g/mol. The highest BCUT2D eigenvalue weighted by atomic mass is 35.5. The summed E-state index contributed by atoms with van der Waals surface area (Å²) in [5.41, 5.74) is -0.0204. The molecule has 1 fully saturated rings. The second kappa shape index (κ2) is 5.64. The average Bonchev–Trinajstić information content (AvgIpc) is 2.52. The largest absolute Gasteiger partial charge is 0.344 e. The number of hydrogen-bond donors (Lipinski definition) is 1. The lowest BCUT2D eigenvalue weighted by molar-refractivity contribution is -0.127. The molecular formula is C15H18ClFN2O2. The minimum Gasteiger partial charge on any atom is -0.344 e. The second-order valence-corrected chi connectivity index (χ2v) is 6.61. The third kappa shape index (κ3) is 3.35. The van der Waals surface area contributed by atoms with Crippen LogP contribution in [-0.2, 0) is 9.59 Å². The van der Waals surface area contributed by atoms with E-state index >= 15 is 0 Å². The zero-order chi connectivity index (χ0) is 15.8. The van der Waals surface area contributed by atoms with Crippen LogP contribution < -0.4 is 10.2 Å². The number of amides is 2. The second-order valence-electron chi connectivity index (χ2n) is 6.20. The summed E-state index contributed by atoms with van der Waals surface area (Å²) in [5.74, 6) is -1.01. The number of carbonyl (C=O) groups is 2. The van der Waals surface area contributed by atoms with Gasteiger partial charge in [0.1, 0.15) is 11.9 Å². The van der Waals surface area contributed by atoms with Gasteiger partial charge in [-0.3, -0.25) is 9.59 Å². The van der Waals surface area contributed by atoms with Crippen molar-refractivity contribution in [2.24, 2.45) is 5.41 Å². The van der Waals surface area contributed by atoms with Crippen LogP contribution in [0.25, 0.3) is 0 Å². The summed E-state index contributed by atoms with van der Waals surface area (Å²) in [6, 6.07) is 3.56. The Morgan fingerprint density at radius 2 is 2.00 bits per heavy atom. The van der Waals surface area contributed by atoms with Crippen molar-refractivity contribution in [2.45, 2.75) is 33.2 Å². The fourth-order valence-corrected chi connectivity index (χ4v) is 2.39. The number of rotatable bonds is 1. The SMILES string of the molecule is CC(C)(C)C1NC(=O)CCN(c2ccc(Cl)c(F)c2)C1=O. The van der Waals surface area contributed by atoms with E-state index in [9.17, 15) is 14.0 Å². The lowest BCUT2D eigenvalue weighted by Crippen LogP contribution is -2.52. The number of nitrogens with zero attached hydrogens (tertiary/aromatic N) is 1. The standard InChI is InChI=1S/C15H18ClFN2O2/c1-15(2,3)13-14(21)19(7-6-12(20)18-13)9-4-5-10(16)11(17)8-9/h4-5,8,13H,6-7H2,1-3H3,(H,18,20). The normalized spacial score (nSPS) is 20.2. The molecule has 1 aliphatic rings. The van der Waals surface area contributed by atoms with E-state index in [0.717, 1.165) is 0 Å². The molecule has 1 unspecified atom stereocenters. The van der Waals surface area contributed by atoms with Crippen molar-refractivity contribution >= 4 is 29.1 Å². The predicted molar refractivity (Wildman–Crippen MR) is 79.8 cm³/mol. The molecule has 0 spiro atoms. The Labute approximate surface area is 128 Å². The first-order valence-electron chi connectivity index (χ1n) is 6.76. The first-order valence-corrected chi connectivity index (χ1v) is 7.14. The van der Waals surface area contributed by atoms with Gasteiger partial charge in [-0.05, 0) is 23.6 Å². The van der Waals surface area contributed by atoms with Gasteiger partial charge < -0.3 is 10.2 Å². The van der Waals surface area contributed by atoms with Gasteiger partial charge in [-0.25, -0.2) is 4.39 Å². The number of hydrogen-bond acceptors (Lipinski definition) is 2. The van der Waals surface area contributed by atoms with E-state index in [2.05, 4.69) is 5.32 Å². The van der Waals surface area contributed by atoms with Crippen molar-refractivity contribution in [3.8, 4) is 0 Å². The maximum Gasteiger partial charge on any atom is 0.250 e. The molecule has 1 aliphatic heterocycles. The highest BCUT2D eigenvalue weighted by molar-refractivity contribution is 6.30. The molecule has 0 saturated carbocycles. The Morgan fingerprint density at radius 1 is 1.33 bits per heavy atom. The molecule has 4 nitrogen and oxygen atoms in total. The van der Waals surface area contributed by atoms with Gasteiger partial charge in [0, 0.05) is 18.7 Å². The minimum atomic E-state index is -0.647. The maximum absolute atomic E-state index is 13.6. The van der Waals surface area contributed by atoms with Crippen LogP contribution in [0.5, 0.6) is 0 Å². The van der Waals surface area contributed by atoms with Crippen LogP contribution in [0, 0.1) is 11.2 Å². The Morgan fingerprint density at radius 3 is 2.57 bits per heavy atom. The van der Waals surface area contributed by atoms with Gasteiger partial charge in [0.25, 0.3) is 0 Å². The van der Waals surface area contributed by atoms with E-state index in [1.54, 1.807) is 6.07 Å². The summed E-state index contributed by atoms with van der Waals surface area (Å²) < 4.78 is 13.6. The summed E-state index contributed by atoms with van der Waals surface area (Å²) >= 11 is 5.67. The van der Waals surface area contributed by atoms with Gasteiger partial charge in [0.15, 0.2) is 0 Å². The number of benzene rings is 1. The summed E-state index contributed by atoms with van der Waals surface area (Å²) in [6.07, 6.45) is 0.183. The fraction of sp³-hybridized carbons (Fsp3) is 0.467. The predicted octanol–water partition coefficient (Wildman–Crippen LogP) is 2.75. The first-order chi connectivity index (χ1) is 9.70. The van der Waals surface area contributed by atoms with Crippen molar-refractivity contribution in [1.29, 1.82) is 0 Å². The van der Waals surface area contributed by atoms with E-state index in [0.29, 0.717) is 5.69 Å². The number of nitrogens with one attached hydrogen (secondary N) is 1. The van der Waals surface area contributed by atoms with Gasteiger partial charge in [-0.2, -0.15) is 0 Å². The summed E-state index contributed by atoms with van der Waals surface area (Å²) in [4.78, 5) is 25.9. The smallest absolute Gasteiger partial charge is 0.250 e. The third-order valence-electron chi connectivity index (χ3n) is 3.46. The quantitative estimate of drug-likeness (QED) is 0.867. The van der Waals surface area contributed by atoms with Crippen molar-refractivity contribution in [3.63, 3.8) is 0 Å². The van der Waals surface area contributed by atoms with Crippen LogP contribution in [-0.4, -0.2) is 24.4 Å². The Kier molecular flexibility index (Phi) is 4.23. The summed E-state index contributed by atoms with van der Waals surface area (Å²) in [6.45, 7) is 5.85. The first kappa shape index (κ1) is 15.8. The number of carbonyl (C=O) groups excluding carboxylic acids is 2. The molecule has 0 bridgehead atoms. The summed E-state index contributed by atoms with van der Waals surface area (Å²) in [7, 11) is 0. The molecule has 1 N–H and O–H groups in total.